The van der Waals surface area contributed by atoms with Crippen LogP contribution in [0.2, 0.25) is 0 Å². The van der Waals surface area contributed by atoms with Crippen molar-refractivity contribution in [2.24, 2.45) is 5.73 Å². The van der Waals surface area contributed by atoms with Gasteiger partial charge < -0.3 is 10.5 Å². The van der Waals surface area contributed by atoms with Crippen LogP contribution in [0.4, 0.5) is 0 Å². The predicted molar refractivity (Wildman–Crippen MR) is 77.2 cm³/mol. The molecule has 1 unspecified atom stereocenters. The summed E-state index contributed by atoms with van der Waals surface area (Å²) in [7, 11) is 0. The zero-order valence-corrected chi connectivity index (χ0v) is 12.1. The lowest BCUT2D eigenvalue weighted by Gasteiger charge is -2.45. The molecule has 1 saturated carbocycles. The molecule has 0 radical (unpaired) electrons. The Kier molecular flexibility index (Phi) is 4.42. The summed E-state index contributed by atoms with van der Waals surface area (Å²) in [4.78, 5) is 5.22. The minimum absolute atomic E-state index is 0.261. The van der Waals surface area contributed by atoms with E-state index >= 15 is 0 Å². The molecule has 3 aliphatic rings. The van der Waals surface area contributed by atoms with Crippen molar-refractivity contribution in [3.05, 3.63) is 0 Å². The summed E-state index contributed by atoms with van der Waals surface area (Å²) in [6.45, 7) is 7.67. The van der Waals surface area contributed by atoms with Crippen molar-refractivity contribution in [1.29, 1.82) is 0 Å². The van der Waals surface area contributed by atoms with Gasteiger partial charge in [-0.15, -0.1) is 0 Å². The maximum Gasteiger partial charge on any atom is 0.0697 e. The van der Waals surface area contributed by atoms with Crippen molar-refractivity contribution >= 4 is 0 Å². The quantitative estimate of drug-likeness (QED) is 0.830. The van der Waals surface area contributed by atoms with Crippen LogP contribution in [-0.4, -0.2) is 67.3 Å². The Labute approximate surface area is 117 Å². The number of hydrogen-bond acceptors (Lipinski definition) is 4. The molecule has 110 valence electrons. The van der Waals surface area contributed by atoms with Gasteiger partial charge in [-0.3, -0.25) is 9.80 Å². The van der Waals surface area contributed by atoms with Gasteiger partial charge in [0.15, 0.2) is 0 Å². The van der Waals surface area contributed by atoms with E-state index in [1.807, 2.05) is 0 Å². The van der Waals surface area contributed by atoms with Crippen molar-refractivity contribution < 1.29 is 4.74 Å². The van der Waals surface area contributed by atoms with Crippen molar-refractivity contribution in [3.8, 4) is 0 Å². The highest BCUT2D eigenvalue weighted by Gasteiger charge is 2.41. The lowest BCUT2D eigenvalue weighted by Crippen LogP contribution is -2.54. The maximum atomic E-state index is 6.15. The molecule has 3 fully saturated rings. The lowest BCUT2D eigenvalue weighted by atomic mass is 9.88. The molecule has 1 spiro atoms. The molecule has 3 rings (SSSR count). The molecule has 4 nitrogen and oxygen atoms in total. The van der Waals surface area contributed by atoms with Crippen LogP contribution in [0.1, 0.15) is 38.5 Å². The molecule has 0 aromatic rings. The van der Waals surface area contributed by atoms with Gasteiger partial charge in [-0.2, -0.15) is 0 Å². The summed E-state index contributed by atoms with van der Waals surface area (Å²) in [6, 6.07) is 0.770. The van der Waals surface area contributed by atoms with Crippen LogP contribution in [0.15, 0.2) is 0 Å². The fourth-order valence-corrected chi connectivity index (χ4v) is 4.22. The van der Waals surface area contributed by atoms with E-state index < -0.39 is 0 Å². The third-order valence-corrected chi connectivity index (χ3v) is 5.35. The number of ether oxygens (including phenoxy) is 1. The highest BCUT2D eigenvalue weighted by Crippen LogP contribution is 2.41. The van der Waals surface area contributed by atoms with Crippen LogP contribution in [0, 0.1) is 0 Å². The monoisotopic (exact) mass is 267 g/mol. The first-order valence-electron chi connectivity index (χ1n) is 8.12. The van der Waals surface area contributed by atoms with Gasteiger partial charge in [0.25, 0.3) is 0 Å². The minimum Gasteiger partial charge on any atom is -0.375 e. The summed E-state index contributed by atoms with van der Waals surface area (Å²) in [5.74, 6) is 0. The van der Waals surface area contributed by atoms with E-state index in [4.69, 9.17) is 10.5 Å². The van der Waals surface area contributed by atoms with Gasteiger partial charge in [0.1, 0.15) is 0 Å². The smallest absolute Gasteiger partial charge is 0.0697 e. The number of nitrogens with two attached hydrogens (primary N) is 1. The Bertz CT molecular complexity index is 283. The van der Waals surface area contributed by atoms with Crippen molar-refractivity contribution in [2.75, 3.05) is 45.9 Å². The van der Waals surface area contributed by atoms with Gasteiger partial charge in [-0.1, -0.05) is 12.8 Å². The Morgan fingerprint density at radius 3 is 2.53 bits per heavy atom. The Hall–Kier alpha value is -0.160. The van der Waals surface area contributed by atoms with Crippen LogP contribution in [0.25, 0.3) is 0 Å². The first-order valence-corrected chi connectivity index (χ1v) is 8.12. The zero-order valence-electron chi connectivity index (χ0n) is 12.1. The van der Waals surface area contributed by atoms with Crippen LogP contribution in [0.5, 0.6) is 0 Å². The summed E-state index contributed by atoms with van der Waals surface area (Å²) < 4.78 is 6.15. The van der Waals surface area contributed by atoms with E-state index in [1.165, 1.54) is 64.7 Å². The van der Waals surface area contributed by atoms with Gasteiger partial charge in [0, 0.05) is 51.9 Å². The molecule has 0 bridgehead atoms. The highest BCUT2D eigenvalue weighted by molar-refractivity contribution is 4.95. The summed E-state index contributed by atoms with van der Waals surface area (Å²) in [6.07, 6.45) is 7.86. The van der Waals surface area contributed by atoms with Crippen molar-refractivity contribution in [1.82, 2.24) is 9.80 Å². The second-order valence-corrected chi connectivity index (χ2v) is 6.55. The molecule has 2 N–H and O–H groups in total. The topological polar surface area (TPSA) is 41.7 Å². The van der Waals surface area contributed by atoms with Crippen LogP contribution in [-0.2, 0) is 4.74 Å². The molecule has 0 aromatic heterocycles. The third kappa shape index (κ3) is 3.13. The average molecular weight is 267 g/mol. The van der Waals surface area contributed by atoms with E-state index in [2.05, 4.69) is 9.80 Å². The number of rotatable bonds is 3. The number of piperazine rings is 1. The lowest BCUT2D eigenvalue weighted by molar-refractivity contribution is -0.105. The third-order valence-electron chi connectivity index (χ3n) is 5.35. The van der Waals surface area contributed by atoms with E-state index in [9.17, 15) is 0 Å². The van der Waals surface area contributed by atoms with Crippen LogP contribution < -0.4 is 5.73 Å². The molecule has 0 aromatic carbocycles. The Morgan fingerprint density at radius 2 is 1.84 bits per heavy atom. The molecule has 2 aliphatic heterocycles. The second-order valence-electron chi connectivity index (χ2n) is 6.55. The second kappa shape index (κ2) is 6.08. The molecule has 1 aliphatic carbocycles. The average Bonchev–Trinajstić information content (AvgIpc) is 2.88. The fourth-order valence-electron chi connectivity index (χ4n) is 4.22. The van der Waals surface area contributed by atoms with Gasteiger partial charge in [-0.25, -0.2) is 0 Å². The summed E-state index contributed by atoms with van der Waals surface area (Å²) in [5.41, 5.74) is 5.90. The van der Waals surface area contributed by atoms with E-state index in [-0.39, 0.29) is 5.60 Å². The van der Waals surface area contributed by atoms with Crippen molar-refractivity contribution in [2.45, 2.75) is 50.2 Å². The van der Waals surface area contributed by atoms with Gasteiger partial charge in [-0.05, 0) is 25.7 Å². The Balaban J connectivity index is 1.52. The highest BCUT2D eigenvalue weighted by atomic mass is 16.5. The summed E-state index contributed by atoms with van der Waals surface area (Å²) >= 11 is 0. The molecule has 2 saturated heterocycles. The first kappa shape index (κ1) is 13.8. The van der Waals surface area contributed by atoms with Gasteiger partial charge in [0.2, 0.25) is 0 Å². The molecule has 1 atom stereocenters. The van der Waals surface area contributed by atoms with Crippen molar-refractivity contribution in [3.63, 3.8) is 0 Å². The molecule has 19 heavy (non-hydrogen) atoms. The minimum atomic E-state index is 0.261. The van der Waals surface area contributed by atoms with Gasteiger partial charge in [0.05, 0.1) is 5.60 Å². The molecule has 2 heterocycles. The normalized spacial score (nSPS) is 33.0. The SMILES string of the molecule is NCCN1CCN(C2CCOC3(CCCC3)C2)CC1. The van der Waals surface area contributed by atoms with Crippen LogP contribution in [0.3, 0.4) is 0 Å². The standard InChI is InChI=1S/C15H29N3O/c16-6-7-17-8-10-18(11-9-17)14-3-12-19-15(13-14)4-1-2-5-15/h14H,1-13,16H2. The summed E-state index contributed by atoms with van der Waals surface area (Å²) in [5, 5.41) is 0. The molecular weight excluding hydrogens is 238 g/mol. The van der Waals surface area contributed by atoms with E-state index in [1.54, 1.807) is 0 Å². The van der Waals surface area contributed by atoms with E-state index in [0.29, 0.717) is 0 Å². The fraction of sp³-hybridized carbons (Fsp3) is 1.00. The largest absolute Gasteiger partial charge is 0.375 e. The first-order chi connectivity index (χ1) is 9.31. The molecular formula is C15H29N3O. The number of nitrogens with zero attached hydrogens (tertiary/aromatic N) is 2. The predicted octanol–water partition coefficient (Wildman–Crippen LogP) is 1.05. The zero-order chi connectivity index (χ0) is 13.1. The maximum absolute atomic E-state index is 6.15. The van der Waals surface area contributed by atoms with Crippen LogP contribution >= 0.6 is 0 Å². The van der Waals surface area contributed by atoms with Gasteiger partial charge >= 0.3 is 0 Å². The Morgan fingerprint density at radius 1 is 1.11 bits per heavy atom. The molecule has 4 heteroatoms. The van der Waals surface area contributed by atoms with E-state index in [0.717, 1.165) is 25.7 Å². The molecule has 0 amide bonds. The number of hydrogen-bond donors (Lipinski definition) is 1.